The maximum absolute atomic E-state index is 12.2. The minimum absolute atomic E-state index is 0.212. The molecule has 2 heterocycles. The Labute approximate surface area is 202 Å². The summed E-state index contributed by atoms with van der Waals surface area (Å²) < 4.78 is 31.9. The van der Waals surface area contributed by atoms with E-state index in [1.54, 1.807) is 48.5 Å². The summed E-state index contributed by atoms with van der Waals surface area (Å²) in [6.07, 6.45) is 1.04. The SMILES string of the molecule is CCC1(C(=O)O)COC(C)(C)OC1.CCC1(C(=O)OCC(=O)OC(C)(C)C)COC(C)(C)OC1. The van der Waals surface area contributed by atoms with Crippen LogP contribution in [-0.4, -0.2) is 73.2 Å². The van der Waals surface area contributed by atoms with Gasteiger partial charge in [-0.2, -0.15) is 0 Å². The highest BCUT2D eigenvalue weighted by atomic mass is 16.7. The molecule has 0 aliphatic carbocycles. The molecule has 0 bridgehead atoms. The zero-order chi connectivity index (χ0) is 26.4. The summed E-state index contributed by atoms with van der Waals surface area (Å²) in [4.78, 5) is 34.8. The van der Waals surface area contributed by atoms with Crippen LogP contribution in [0.5, 0.6) is 0 Å². The van der Waals surface area contributed by atoms with E-state index in [0.29, 0.717) is 12.8 Å². The van der Waals surface area contributed by atoms with Crippen molar-refractivity contribution in [3.05, 3.63) is 0 Å². The molecular weight excluding hydrogens is 448 g/mol. The number of rotatable bonds is 6. The molecule has 2 aliphatic rings. The molecular formula is C24H42O10. The Bertz CT molecular complexity index is 700. The van der Waals surface area contributed by atoms with Crippen LogP contribution in [0, 0.1) is 10.8 Å². The quantitative estimate of drug-likeness (QED) is 0.554. The van der Waals surface area contributed by atoms with Crippen LogP contribution in [0.25, 0.3) is 0 Å². The first-order valence-corrected chi connectivity index (χ1v) is 11.6. The molecule has 198 valence electrons. The molecule has 34 heavy (non-hydrogen) atoms. The van der Waals surface area contributed by atoms with E-state index in [2.05, 4.69) is 0 Å². The fourth-order valence-electron chi connectivity index (χ4n) is 3.01. The molecule has 0 amide bonds. The van der Waals surface area contributed by atoms with Crippen LogP contribution in [0.4, 0.5) is 0 Å². The van der Waals surface area contributed by atoms with Gasteiger partial charge in [0.05, 0.1) is 26.4 Å². The van der Waals surface area contributed by atoms with Crippen LogP contribution in [0.1, 0.15) is 75.2 Å². The van der Waals surface area contributed by atoms with Crippen molar-refractivity contribution in [3.63, 3.8) is 0 Å². The standard InChI is InChI=1S/C15H26O6.C9H16O4/c1-7-15(9-19-14(5,6)20-10-15)12(17)18-8-11(16)21-13(2,3)4;1-4-9(7(10)11)5-12-8(2,3)13-6-9/h7-10H2,1-6H3;4-6H2,1-3H3,(H,10,11). The van der Waals surface area contributed by atoms with Crippen LogP contribution in [0.3, 0.4) is 0 Å². The largest absolute Gasteiger partial charge is 0.481 e. The number of ether oxygens (including phenoxy) is 6. The maximum Gasteiger partial charge on any atom is 0.344 e. The van der Waals surface area contributed by atoms with Gasteiger partial charge in [-0.15, -0.1) is 0 Å². The third-order valence-electron chi connectivity index (χ3n) is 5.77. The molecule has 0 radical (unpaired) electrons. The molecule has 0 aromatic heterocycles. The Kier molecular flexibility index (Phi) is 10.1. The molecule has 2 aliphatic heterocycles. The van der Waals surface area contributed by atoms with Gasteiger partial charge in [-0.1, -0.05) is 13.8 Å². The average molecular weight is 491 g/mol. The Balaban J connectivity index is 0.000000380. The van der Waals surface area contributed by atoms with Gasteiger partial charge < -0.3 is 33.5 Å². The Morgan fingerprint density at radius 3 is 1.50 bits per heavy atom. The highest BCUT2D eigenvalue weighted by Crippen LogP contribution is 2.34. The fraction of sp³-hybridized carbons (Fsp3) is 0.875. The summed E-state index contributed by atoms with van der Waals surface area (Å²) in [6, 6.07) is 0. The van der Waals surface area contributed by atoms with Crippen LogP contribution in [-0.2, 0) is 42.8 Å². The van der Waals surface area contributed by atoms with Crippen LogP contribution >= 0.6 is 0 Å². The van der Waals surface area contributed by atoms with Gasteiger partial charge in [0.25, 0.3) is 0 Å². The predicted octanol–water partition coefficient (Wildman–Crippen LogP) is 3.30. The third-order valence-corrected chi connectivity index (χ3v) is 5.77. The van der Waals surface area contributed by atoms with Crippen molar-refractivity contribution < 1.29 is 47.9 Å². The second-order valence-electron chi connectivity index (χ2n) is 10.7. The topological polar surface area (TPSA) is 127 Å². The van der Waals surface area contributed by atoms with Crippen molar-refractivity contribution >= 4 is 17.9 Å². The van der Waals surface area contributed by atoms with Gasteiger partial charge in [-0.25, -0.2) is 4.79 Å². The van der Waals surface area contributed by atoms with E-state index in [4.69, 9.17) is 33.5 Å². The lowest BCUT2D eigenvalue weighted by atomic mass is 9.86. The summed E-state index contributed by atoms with van der Waals surface area (Å²) >= 11 is 0. The maximum atomic E-state index is 12.2. The van der Waals surface area contributed by atoms with Crippen molar-refractivity contribution in [3.8, 4) is 0 Å². The van der Waals surface area contributed by atoms with E-state index in [1.165, 1.54) is 0 Å². The molecule has 10 nitrogen and oxygen atoms in total. The van der Waals surface area contributed by atoms with Gasteiger partial charge in [-0.3, -0.25) is 9.59 Å². The van der Waals surface area contributed by atoms with E-state index in [9.17, 15) is 14.4 Å². The molecule has 0 aromatic carbocycles. The fourth-order valence-corrected chi connectivity index (χ4v) is 3.01. The average Bonchev–Trinajstić information content (AvgIpc) is 2.72. The second-order valence-corrected chi connectivity index (χ2v) is 10.7. The molecule has 0 spiro atoms. The lowest BCUT2D eigenvalue weighted by Gasteiger charge is -2.41. The van der Waals surface area contributed by atoms with Gasteiger partial charge >= 0.3 is 17.9 Å². The molecule has 1 N–H and O–H groups in total. The van der Waals surface area contributed by atoms with E-state index in [-0.39, 0.29) is 26.4 Å². The Morgan fingerprint density at radius 1 is 0.794 bits per heavy atom. The van der Waals surface area contributed by atoms with E-state index in [1.807, 2.05) is 13.8 Å². The summed E-state index contributed by atoms with van der Waals surface area (Å²) in [5.74, 6) is -3.25. The number of hydrogen-bond acceptors (Lipinski definition) is 9. The summed E-state index contributed by atoms with van der Waals surface area (Å²) in [5.41, 5.74) is -2.32. The summed E-state index contributed by atoms with van der Waals surface area (Å²) in [7, 11) is 0. The number of esters is 2. The molecule has 0 atom stereocenters. The van der Waals surface area contributed by atoms with Gasteiger partial charge in [-0.05, 0) is 61.3 Å². The predicted molar refractivity (Wildman–Crippen MR) is 122 cm³/mol. The molecule has 0 unspecified atom stereocenters. The monoisotopic (exact) mass is 490 g/mol. The number of carboxylic acid groups (broad SMARTS) is 1. The van der Waals surface area contributed by atoms with Crippen molar-refractivity contribution in [1.29, 1.82) is 0 Å². The van der Waals surface area contributed by atoms with Gasteiger partial charge in [0.2, 0.25) is 0 Å². The normalized spacial score (nSPS) is 22.5. The Hall–Kier alpha value is -1.75. The van der Waals surface area contributed by atoms with Crippen molar-refractivity contribution in [2.24, 2.45) is 10.8 Å². The van der Waals surface area contributed by atoms with Crippen molar-refractivity contribution in [2.75, 3.05) is 33.0 Å². The third kappa shape index (κ3) is 8.79. The number of carbonyl (C=O) groups is 3. The van der Waals surface area contributed by atoms with E-state index < -0.39 is 52.5 Å². The first-order valence-electron chi connectivity index (χ1n) is 11.6. The van der Waals surface area contributed by atoms with Crippen molar-refractivity contribution in [1.82, 2.24) is 0 Å². The van der Waals surface area contributed by atoms with Crippen LogP contribution in [0.2, 0.25) is 0 Å². The first-order chi connectivity index (χ1) is 15.4. The highest BCUT2D eigenvalue weighted by molar-refractivity contribution is 5.81. The molecule has 10 heteroatoms. The zero-order valence-corrected chi connectivity index (χ0v) is 22.1. The van der Waals surface area contributed by atoms with E-state index in [0.717, 1.165) is 0 Å². The zero-order valence-electron chi connectivity index (χ0n) is 22.1. The molecule has 2 rings (SSSR count). The molecule has 2 saturated heterocycles. The Morgan fingerprint density at radius 2 is 1.18 bits per heavy atom. The summed E-state index contributed by atoms with van der Waals surface area (Å²) in [5, 5.41) is 9.00. The first kappa shape index (κ1) is 30.3. The number of carbonyl (C=O) groups excluding carboxylic acids is 2. The highest BCUT2D eigenvalue weighted by Gasteiger charge is 2.46. The number of carboxylic acids is 1. The molecule has 0 saturated carbocycles. The van der Waals surface area contributed by atoms with Crippen LogP contribution in [0.15, 0.2) is 0 Å². The molecule has 0 aromatic rings. The minimum Gasteiger partial charge on any atom is -0.481 e. The van der Waals surface area contributed by atoms with Gasteiger partial charge in [0.15, 0.2) is 18.2 Å². The lowest BCUT2D eigenvalue weighted by molar-refractivity contribution is -0.285. The number of aliphatic carboxylic acids is 1. The van der Waals surface area contributed by atoms with E-state index >= 15 is 0 Å². The van der Waals surface area contributed by atoms with Gasteiger partial charge in [0.1, 0.15) is 16.4 Å². The second kappa shape index (κ2) is 11.3. The van der Waals surface area contributed by atoms with Gasteiger partial charge in [0, 0.05) is 0 Å². The summed E-state index contributed by atoms with van der Waals surface area (Å²) in [6.45, 7) is 16.6. The van der Waals surface area contributed by atoms with Crippen molar-refractivity contribution in [2.45, 2.75) is 92.3 Å². The molecule has 2 fully saturated rings. The van der Waals surface area contributed by atoms with Crippen LogP contribution < -0.4 is 0 Å². The number of hydrogen-bond donors (Lipinski definition) is 1. The smallest absolute Gasteiger partial charge is 0.344 e. The minimum atomic E-state index is -0.864. The lowest BCUT2D eigenvalue weighted by Crippen LogP contribution is -2.51.